The first-order valence-corrected chi connectivity index (χ1v) is 9.26. The molecule has 1 amide bonds. The van der Waals surface area contributed by atoms with E-state index in [4.69, 9.17) is 0 Å². The quantitative estimate of drug-likeness (QED) is 0.709. The Balaban J connectivity index is 2.75. The van der Waals surface area contributed by atoms with Crippen molar-refractivity contribution < 1.29 is 13.2 Å². The average molecular weight is 326 g/mol. The standard InChI is InChI=1S/C16H26N2O3S/c1-4-6-12-17-22(20,21)15-10-8-14(9-11-15)16(19)18(3)13-7-5-2/h8-11,17H,4-7,12-13H2,1-3H3. The molecular formula is C16H26N2O3S. The van der Waals surface area contributed by atoms with Gasteiger partial charge in [0.2, 0.25) is 10.0 Å². The Hall–Kier alpha value is -1.40. The van der Waals surface area contributed by atoms with Crippen molar-refractivity contribution in [2.24, 2.45) is 0 Å². The lowest BCUT2D eigenvalue weighted by atomic mass is 10.2. The Labute approximate surface area is 133 Å². The number of nitrogens with zero attached hydrogens (tertiary/aromatic N) is 1. The molecule has 22 heavy (non-hydrogen) atoms. The highest BCUT2D eigenvalue weighted by Gasteiger charge is 2.15. The molecule has 0 unspecified atom stereocenters. The second-order valence-electron chi connectivity index (χ2n) is 5.36. The first-order valence-electron chi connectivity index (χ1n) is 7.77. The van der Waals surface area contributed by atoms with Crippen LogP contribution in [0.3, 0.4) is 0 Å². The molecule has 124 valence electrons. The number of sulfonamides is 1. The number of carbonyl (C=O) groups excluding carboxylic acids is 1. The average Bonchev–Trinajstić information content (AvgIpc) is 2.52. The molecule has 5 nitrogen and oxygen atoms in total. The number of benzene rings is 1. The molecule has 6 heteroatoms. The maximum atomic E-state index is 12.2. The fourth-order valence-corrected chi connectivity index (χ4v) is 3.03. The van der Waals surface area contributed by atoms with E-state index in [1.807, 2.05) is 6.92 Å². The second-order valence-corrected chi connectivity index (χ2v) is 7.12. The number of nitrogens with one attached hydrogen (secondary N) is 1. The zero-order valence-corrected chi connectivity index (χ0v) is 14.4. The Morgan fingerprint density at radius 2 is 1.68 bits per heavy atom. The maximum Gasteiger partial charge on any atom is 0.253 e. The molecule has 0 aliphatic carbocycles. The minimum Gasteiger partial charge on any atom is -0.342 e. The van der Waals surface area contributed by atoms with Crippen molar-refractivity contribution in [1.29, 1.82) is 0 Å². The van der Waals surface area contributed by atoms with E-state index in [0.29, 0.717) is 18.7 Å². The molecule has 0 fully saturated rings. The van der Waals surface area contributed by atoms with Gasteiger partial charge in [-0.15, -0.1) is 0 Å². The lowest BCUT2D eigenvalue weighted by molar-refractivity contribution is 0.0793. The van der Waals surface area contributed by atoms with E-state index >= 15 is 0 Å². The van der Waals surface area contributed by atoms with Crippen molar-refractivity contribution in [3.8, 4) is 0 Å². The third-order valence-electron chi connectivity index (χ3n) is 3.43. The SMILES string of the molecule is CCCCNS(=O)(=O)c1ccc(C(=O)N(C)CCCC)cc1. The smallest absolute Gasteiger partial charge is 0.253 e. The zero-order chi connectivity index (χ0) is 16.6. The molecule has 1 aromatic rings. The predicted octanol–water partition coefficient (Wildman–Crippen LogP) is 2.64. The molecule has 0 saturated heterocycles. The minimum atomic E-state index is -3.48. The van der Waals surface area contributed by atoms with Gasteiger partial charge in [0.05, 0.1) is 4.90 Å². The molecular weight excluding hydrogens is 300 g/mol. The summed E-state index contributed by atoms with van der Waals surface area (Å²) in [5.74, 6) is -0.0867. The summed E-state index contributed by atoms with van der Waals surface area (Å²) in [5, 5.41) is 0. The topological polar surface area (TPSA) is 66.5 Å². The van der Waals surface area contributed by atoms with E-state index in [1.165, 1.54) is 12.1 Å². The number of unbranched alkanes of at least 4 members (excludes halogenated alkanes) is 2. The molecule has 0 heterocycles. The third kappa shape index (κ3) is 5.42. The van der Waals surface area contributed by atoms with Crippen LogP contribution in [-0.2, 0) is 10.0 Å². The highest BCUT2D eigenvalue weighted by molar-refractivity contribution is 7.89. The summed E-state index contributed by atoms with van der Waals surface area (Å²) in [5.41, 5.74) is 0.506. The highest BCUT2D eigenvalue weighted by Crippen LogP contribution is 2.12. The largest absolute Gasteiger partial charge is 0.342 e. The number of rotatable bonds is 9. The van der Waals surface area contributed by atoms with Crippen LogP contribution in [0, 0.1) is 0 Å². The van der Waals surface area contributed by atoms with Crippen LogP contribution < -0.4 is 4.72 Å². The highest BCUT2D eigenvalue weighted by atomic mass is 32.2. The molecule has 1 rings (SSSR count). The molecule has 0 radical (unpaired) electrons. The van der Waals surface area contributed by atoms with Crippen molar-refractivity contribution in [2.45, 2.75) is 44.4 Å². The molecule has 0 aliphatic rings. The van der Waals surface area contributed by atoms with Gasteiger partial charge in [0.1, 0.15) is 0 Å². The van der Waals surface area contributed by atoms with E-state index in [1.54, 1.807) is 24.1 Å². The zero-order valence-electron chi connectivity index (χ0n) is 13.6. The normalized spacial score (nSPS) is 11.4. The Morgan fingerprint density at radius 1 is 1.09 bits per heavy atom. The van der Waals surface area contributed by atoms with E-state index in [0.717, 1.165) is 25.7 Å². The lowest BCUT2D eigenvalue weighted by Gasteiger charge is -2.16. The summed E-state index contributed by atoms with van der Waals surface area (Å²) < 4.78 is 26.7. The first kappa shape index (κ1) is 18.6. The van der Waals surface area contributed by atoms with Gasteiger partial charge in [-0.05, 0) is 37.1 Å². The van der Waals surface area contributed by atoms with Crippen LogP contribution in [0.1, 0.15) is 49.9 Å². The maximum absolute atomic E-state index is 12.2. The van der Waals surface area contributed by atoms with Gasteiger partial charge in [0, 0.05) is 25.7 Å². The van der Waals surface area contributed by atoms with Crippen molar-refractivity contribution in [3.05, 3.63) is 29.8 Å². The van der Waals surface area contributed by atoms with Crippen LogP contribution >= 0.6 is 0 Å². The Bertz CT molecular complexity index is 568. The molecule has 1 aromatic carbocycles. The molecule has 0 aromatic heterocycles. The Kier molecular flexibility index (Phi) is 7.55. The van der Waals surface area contributed by atoms with Gasteiger partial charge in [-0.25, -0.2) is 13.1 Å². The summed E-state index contributed by atoms with van der Waals surface area (Å²) >= 11 is 0. The van der Waals surface area contributed by atoms with E-state index in [9.17, 15) is 13.2 Å². The molecule has 0 saturated carbocycles. The van der Waals surface area contributed by atoms with Gasteiger partial charge >= 0.3 is 0 Å². The summed E-state index contributed by atoms with van der Waals surface area (Å²) in [4.78, 5) is 14.0. The van der Waals surface area contributed by atoms with Crippen LogP contribution in [0.2, 0.25) is 0 Å². The molecule has 0 spiro atoms. The van der Waals surface area contributed by atoms with Gasteiger partial charge in [-0.2, -0.15) is 0 Å². The lowest BCUT2D eigenvalue weighted by Crippen LogP contribution is -2.28. The van der Waals surface area contributed by atoms with Crippen LogP contribution in [0.5, 0.6) is 0 Å². The van der Waals surface area contributed by atoms with Gasteiger partial charge < -0.3 is 4.90 Å². The van der Waals surface area contributed by atoms with E-state index in [2.05, 4.69) is 11.6 Å². The first-order chi connectivity index (χ1) is 10.4. The molecule has 0 bridgehead atoms. The van der Waals surface area contributed by atoms with Gasteiger partial charge in [0.15, 0.2) is 0 Å². The van der Waals surface area contributed by atoms with Gasteiger partial charge in [-0.1, -0.05) is 26.7 Å². The van der Waals surface area contributed by atoms with Crippen LogP contribution in [0.25, 0.3) is 0 Å². The van der Waals surface area contributed by atoms with Crippen LogP contribution in [-0.4, -0.2) is 39.4 Å². The van der Waals surface area contributed by atoms with Gasteiger partial charge in [0.25, 0.3) is 5.91 Å². The summed E-state index contributed by atoms with van der Waals surface area (Å²) in [6, 6.07) is 6.10. The van der Waals surface area contributed by atoms with Crippen molar-refractivity contribution in [3.63, 3.8) is 0 Å². The second kappa shape index (κ2) is 8.90. The van der Waals surface area contributed by atoms with E-state index < -0.39 is 10.0 Å². The summed E-state index contributed by atoms with van der Waals surface area (Å²) in [6.07, 6.45) is 3.71. The number of hydrogen-bond donors (Lipinski definition) is 1. The molecule has 0 atom stereocenters. The minimum absolute atomic E-state index is 0.0867. The van der Waals surface area contributed by atoms with Crippen molar-refractivity contribution in [2.75, 3.05) is 20.1 Å². The monoisotopic (exact) mass is 326 g/mol. The Morgan fingerprint density at radius 3 is 2.23 bits per heavy atom. The fraction of sp³-hybridized carbons (Fsp3) is 0.562. The van der Waals surface area contributed by atoms with Crippen molar-refractivity contribution >= 4 is 15.9 Å². The number of carbonyl (C=O) groups is 1. The number of amides is 1. The fourth-order valence-electron chi connectivity index (χ4n) is 1.96. The van der Waals surface area contributed by atoms with Crippen LogP contribution in [0.15, 0.2) is 29.2 Å². The molecule has 0 aliphatic heterocycles. The van der Waals surface area contributed by atoms with Crippen molar-refractivity contribution in [1.82, 2.24) is 9.62 Å². The van der Waals surface area contributed by atoms with Gasteiger partial charge in [-0.3, -0.25) is 4.79 Å². The van der Waals surface area contributed by atoms with Crippen LogP contribution in [0.4, 0.5) is 0 Å². The summed E-state index contributed by atoms with van der Waals surface area (Å²) in [6.45, 7) is 5.21. The molecule has 1 N–H and O–H groups in total. The third-order valence-corrected chi connectivity index (χ3v) is 4.90. The van der Waals surface area contributed by atoms with E-state index in [-0.39, 0.29) is 10.8 Å². The number of hydrogen-bond acceptors (Lipinski definition) is 3. The predicted molar refractivity (Wildman–Crippen MR) is 88.4 cm³/mol. The summed E-state index contributed by atoms with van der Waals surface area (Å²) in [7, 11) is -1.73.